The minimum absolute atomic E-state index is 0.0246. The molecule has 0 radical (unpaired) electrons. The third-order valence-electron chi connectivity index (χ3n) is 5.12. The van der Waals surface area contributed by atoms with Crippen LogP contribution < -0.4 is 10.1 Å². The van der Waals surface area contributed by atoms with Gasteiger partial charge in [0.05, 0.1) is 26.7 Å². The van der Waals surface area contributed by atoms with E-state index in [4.69, 9.17) is 37.8 Å². The average molecular weight is 655 g/mol. The lowest BCUT2D eigenvalue weighted by molar-refractivity contribution is -0.146. The van der Waals surface area contributed by atoms with Gasteiger partial charge in [0, 0.05) is 19.8 Å². The number of carboxylic acids is 1. The van der Waals surface area contributed by atoms with Gasteiger partial charge in [-0.2, -0.15) is 26.3 Å². The Morgan fingerprint density at radius 1 is 0.860 bits per heavy atom. The van der Waals surface area contributed by atoms with Gasteiger partial charge in [-0.05, 0) is 61.5 Å². The summed E-state index contributed by atoms with van der Waals surface area (Å²) in [5, 5.41) is 10.8. The van der Waals surface area contributed by atoms with E-state index in [-0.39, 0.29) is 32.8 Å². The Kier molecular flexibility index (Phi) is 11.7. The minimum Gasteiger partial charge on any atom is -0.479 e. The molecule has 0 aliphatic rings. The molecule has 0 aromatic heterocycles. The van der Waals surface area contributed by atoms with E-state index in [1.165, 1.54) is 43.3 Å². The van der Waals surface area contributed by atoms with Gasteiger partial charge in [-0.1, -0.05) is 29.3 Å². The van der Waals surface area contributed by atoms with Crippen molar-refractivity contribution in [3.05, 3.63) is 87.4 Å². The van der Waals surface area contributed by atoms with Crippen molar-refractivity contribution in [1.29, 1.82) is 0 Å². The summed E-state index contributed by atoms with van der Waals surface area (Å²) in [6.07, 6.45) is -10.4. The fraction of sp³-hybridized carbons (Fsp3) is 0.222. The van der Waals surface area contributed by atoms with Crippen molar-refractivity contribution in [2.75, 3.05) is 19.4 Å². The molecule has 1 atom stereocenters. The van der Waals surface area contributed by atoms with Crippen LogP contribution in [-0.4, -0.2) is 48.2 Å². The van der Waals surface area contributed by atoms with Gasteiger partial charge < -0.3 is 24.8 Å². The highest BCUT2D eigenvalue weighted by Crippen LogP contribution is 2.37. The third-order valence-corrected chi connectivity index (χ3v) is 5.75. The number of amides is 2. The second-order valence-electron chi connectivity index (χ2n) is 8.68. The smallest absolute Gasteiger partial charge is 0.416 e. The summed E-state index contributed by atoms with van der Waals surface area (Å²) in [4.78, 5) is 35.2. The quantitative estimate of drug-likeness (QED) is 0.205. The van der Waals surface area contributed by atoms with E-state index < -0.39 is 47.6 Å². The van der Waals surface area contributed by atoms with Gasteiger partial charge in [0.15, 0.2) is 6.10 Å². The molecule has 16 heteroatoms. The molecular weight excluding hydrogens is 633 g/mol. The van der Waals surface area contributed by atoms with Crippen molar-refractivity contribution in [1.82, 2.24) is 4.90 Å². The molecule has 0 heterocycles. The second kappa shape index (κ2) is 14.3. The van der Waals surface area contributed by atoms with Crippen molar-refractivity contribution in [3.8, 4) is 11.5 Å². The van der Waals surface area contributed by atoms with E-state index >= 15 is 0 Å². The molecule has 43 heavy (non-hydrogen) atoms. The summed E-state index contributed by atoms with van der Waals surface area (Å²) in [6, 6.07) is 10.3. The number of carbonyl (C=O) groups is 3. The van der Waals surface area contributed by atoms with Crippen LogP contribution in [-0.2, 0) is 21.9 Å². The van der Waals surface area contributed by atoms with Gasteiger partial charge in [0.2, 0.25) is 0 Å². The molecule has 3 aromatic carbocycles. The van der Waals surface area contributed by atoms with Gasteiger partial charge in [0.1, 0.15) is 11.5 Å². The van der Waals surface area contributed by atoms with E-state index in [1.54, 1.807) is 0 Å². The molecule has 0 spiro atoms. The highest BCUT2D eigenvalue weighted by molar-refractivity contribution is 6.33. The number of hydrogen-bond donors (Lipinski definition) is 2. The number of carboxylic acid groups (broad SMARTS) is 1. The van der Waals surface area contributed by atoms with Crippen LogP contribution in [0.25, 0.3) is 0 Å². The number of halogens is 8. The number of benzene rings is 3. The largest absolute Gasteiger partial charge is 0.479 e. The van der Waals surface area contributed by atoms with Crippen LogP contribution in [0.4, 0.5) is 36.8 Å². The maximum atomic E-state index is 12.7. The van der Waals surface area contributed by atoms with Crippen LogP contribution in [0, 0.1) is 0 Å². The monoisotopic (exact) mass is 654 g/mol. The zero-order chi connectivity index (χ0) is 32.7. The first kappa shape index (κ1) is 35.0. The summed E-state index contributed by atoms with van der Waals surface area (Å²) in [5.41, 5.74) is -1.79. The molecule has 0 saturated heterocycles. The van der Waals surface area contributed by atoms with Crippen molar-refractivity contribution in [2.24, 2.45) is 0 Å². The van der Waals surface area contributed by atoms with Gasteiger partial charge in [-0.25, -0.2) is 14.4 Å². The number of rotatable bonds is 6. The predicted octanol–water partition coefficient (Wildman–Crippen LogP) is 8.23. The number of esters is 1. The molecule has 0 bridgehead atoms. The van der Waals surface area contributed by atoms with Crippen LogP contribution in [0.3, 0.4) is 0 Å². The normalized spacial score (nSPS) is 11.9. The predicted molar refractivity (Wildman–Crippen MR) is 145 cm³/mol. The van der Waals surface area contributed by atoms with E-state index in [2.05, 4.69) is 5.32 Å². The average Bonchev–Trinajstić information content (AvgIpc) is 2.90. The Hall–Kier alpha value is -4.17. The van der Waals surface area contributed by atoms with E-state index in [0.717, 1.165) is 37.3 Å². The molecule has 0 aliphatic heterocycles. The zero-order valence-corrected chi connectivity index (χ0v) is 23.8. The number of nitrogens with zero attached hydrogens (tertiary/aromatic N) is 1. The number of nitrogens with one attached hydrogen (secondary N) is 1. The number of carbonyl (C=O) groups excluding carboxylic acids is 2. The van der Waals surface area contributed by atoms with E-state index in [9.17, 15) is 40.7 Å². The van der Waals surface area contributed by atoms with Crippen LogP contribution in [0.5, 0.6) is 11.5 Å². The third kappa shape index (κ3) is 10.6. The first-order valence-corrected chi connectivity index (χ1v) is 12.5. The lowest BCUT2D eigenvalue weighted by Crippen LogP contribution is -2.27. The van der Waals surface area contributed by atoms with Gasteiger partial charge in [0.25, 0.3) is 0 Å². The molecule has 0 aliphatic carbocycles. The number of alkyl halides is 6. The lowest BCUT2D eigenvalue weighted by atomic mass is 10.2. The van der Waals surface area contributed by atoms with Crippen molar-refractivity contribution in [3.63, 3.8) is 0 Å². The van der Waals surface area contributed by atoms with Gasteiger partial charge in [-0.3, -0.25) is 0 Å². The standard InChI is InChI=1S/C17H11Cl2F3O5.C10H11F3N2O/c1-8(15(23)24)26-16(25)11-7-10(3-4-12(11)18)27-14-5-2-9(6-13(14)19)17(20,21)22;1-15(2)9(16)14-8-5-3-4-7(6-8)10(11,12)13/h2-8H,1H3,(H,23,24);3-6H,1-2H3,(H,14,16)/t8-;/m0./s1. The summed E-state index contributed by atoms with van der Waals surface area (Å²) in [7, 11) is 3.01. The summed E-state index contributed by atoms with van der Waals surface area (Å²) >= 11 is 11.7. The molecule has 0 saturated carbocycles. The maximum Gasteiger partial charge on any atom is 0.416 e. The Bertz CT molecular complexity index is 1480. The van der Waals surface area contributed by atoms with E-state index in [1.807, 2.05) is 0 Å². The number of anilines is 1. The fourth-order valence-electron chi connectivity index (χ4n) is 2.89. The van der Waals surface area contributed by atoms with Crippen LogP contribution >= 0.6 is 23.2 Å². The topological polar surface area (TPSA) is 105 Å². The molecule has 232 valence electrons. The minimum atomic E-state index is -4.56. The molecule has 3 aromatic rings. The molecule has 2 N–H and O–H groups in total. The summed E-state index contributed by atoms with van der Waals surface area (Å²) in [6.45, 7) is 1.16. The van der Waals surface area contributed by atoms with Crippen molar-refractivity contribution < 1.29 is 55.3 Å². The summed E-state index contributed by atoms with van der Waals surface area (Å²) < 4.78 is 85.1. The number of hydrogen-bond acceptors (Lipinski definition) is 5. The van der Waals surface area contributed by atoms with Crippen molar-refractivity contribution >= 4 is 46.9 Å². The Morgan fingerprint density at radius 2 is 1.47 bits per heavy atom. The van der Waals surface area contributed by atoms with Crippen molar-refractivity contribution in [2.45, 2.75) is 25.4 Å². The van der Waals surface area contributed by atoms with Crippen LogP contribution in [0.2, 0.25) is 10.0 Å². The Balaban J connectivity index is 0.000000344. The molecule has 0 fully saturated rings. The Morgan fingerprint density at radius 3 is 2.00 bits per heavy atom. The van der Waals surface area contributed by atoms with Gasteiger partial charge in [-0.15, -0.1) is 0 Å². The fourth-order valence-corrected chi connectivity index (χ4v) is 3.31. The van der Waals surface area contributed by atoms with E-state index in [0.29, 0.717) is 6.07 Å². The van der Waals surface area contributed by atoms with Crippen LogP contribution in [0.15, 0.2) is 60.7 Å². The first-order chi connectivity index (χ1) is 19.8. The highest BCUT2D eigenvalue weighted by Gasteiger charge is 2.31. The molecule has 2 amide bonds. The lowest BCUT2D eigenvalue weighted by Gasteiger charge is -2.13. The SMILES string of the molecule is CN(C)C(=O)Nc1cccc(C(F)(F)F)c1.C[C@H](OC(=O)c1cc(Oc2ccc(C(F)(F)F)cc2Cl)ccc1Cl)C(=O)O. The molecule has 3 rings (SSSR count). The highest BCUT2D eigenvalue weighted by atomic mass is 35.5. The number of ether oxygens (including phenoxy) is 2. The van der Waals surface area contributed by atoms with Gasteiger partial charge >= 0.3 is 30.3 Å². The molecule has 8 nitrogen and oxygen atoms in total. The Labute approximate surface area is 250 Å². The second-order valence-corrected chi connectivity index (χ2v) is 9.49. The number of aliphatic carboxylic acids is 1. The maximum absolute atomic E-state index is 12.7. The molecular formula is C27H22Cl2F6N2O6. The first-order valence-electron chi connectivity index (χ1n) is 11.7. The molecule has 0 unspecified atom stereocenters. The number of urea groups is 1. The van der Waals surface area contributed by atoms with Crippen LogP contribution in [0.1, 0.15) is 28.4 Å². The summed E-state index contributed by atoms with van der Waals surface area (Å²) in [5.74, 6) is -2.39. The zero-order valence-electron chi connectivity index (χ0n) is 22.3.